The number of nitrogens with zero attached hydrogens (tertiary/aromatic N) is 1. The summed E-state index contributed by atoms with van der Waals surface area (Å²) in [6.45, 7) is 6.80. The summed E-state index contributed by atoms with van der Waals surface area (Å²) >= 11 is 0. The highest BCUT2D eigenvalue weighted by Gasteiger charge is 2.35. The summed E-state index contributed by atoms with van der Waals surface area (Å²) in [5.41, 5.74) is 5.06. The van der Waals surface area contributed by atoms with Crippen LogP contribution in [0.3, 0.4) is 0 Å². The van der Waals surface area contributed by atoms with E-state index in [1.807, 2.05) is 0 Å². The van der Waals surface area contributed by atoms with E-state index in [-0.39, 0.29) is 5.54 Å². The molecule has 0 bridgehead atoms. The van der Waals surface area contributed by atoms with Gasteiger partial charge in [0.2, 0.25) is 0 Å². The van der Waals surface area contributed by atoms with E-state index in [2.05, 4.69) is 56.7 Å². The van der Waals surface area contributed by atoms with Gasteiger partial charge < -0.3 is 4.55 Å². The number of fused-ring (bicyclic) bond motifs is 1. The van der Waals surface area contributed by atoms with Crippen molar-refractivity contribution >= 4 is 15.8 Å². The standard InChI is InChI=1S/C13H18N.C7H8O3S/c1-10-12-8-6-5-7-11(12)9-13(2,3)14(10)4;8-11(9,10)6-7-4-2-1-3-5-7/h5-8H,9H2,1-4H3;1-5H,6H2,(H,8,9,10)/q+1;/p-1. The lowest BCUT2D eigenvalue weighted by atomic mass is 9.86. The molecule has 3 rings (SSSR count). The molecule has 2 aromatic rings. The predicted molar refractivity (Wildman–Crippen MR) is 100 cm³/mol. The minimum absolute atomic E-state index is 0.248. The Morgan fingerprint density at radius 2 is 1.60 bits per heavy atom. The highest BCUT2D eigenvalue weighted by molar-refractivity contribution is 7.84. The molecule has 134 valence electrons. The van der Waals surface area contributed by atoms with Crippen LogP contribution in [0.25, 0.3) is 0 Å². The molecule has 1 aliphatic heterocycles. The summed E-state index contributed by atoms with van der Waals surface area (Å²) in [4.78, 5) is 0. The molecule has 1 aliphatic rings. The molecule has 2 aromatic carbocycles. The number of benzene rings is 2. The van der Waals surface area contributed by atoms with Gasteiger partial charge in [-0.25, -0.2) is 13.0 Å². The average Bonchev–Trinajstić information content (AvgIpc) is 2.52. The molecule has 0 unspecified atom stereocenters. The van der Waals surface area contributed by atoms with Crippen molar-refractivity contribution in [2.75, 3.05) is 7.05 Å². The van der Waals surface area contributed by atoms with Crippen molar-refractivity contribution in [1.29, 1.82) is 0 Å². The average molecular weight is 359 g/mol. The van der Waals surface area contributed by atoms with Crippen molar-refractivity contribution in [3.63, 3.8) is 0 Å². The normalized spacial score (nSPS) is 15.9. The van der Waals surface area contributed by atoms with E-state index in [9.17, 15) is 13.0 Å². The zero-order valence-electron chi connectivity index (χ0n) is 15.2. The molecule has 1 heterocycles. The van der Waals surface area contributed by atoms with Crippen molar-refractivity contribution in [1.82, 2.24) is 0 Å². The summed E-state index contributed by atoms with van der Waals surface area (Å²) < 4.78 is 33.1. The van der Waals surface area contributed by atoms with Crippen LogP contribution in [0.2, 0.25) is 0 Å². The highest BCUT2D eigenvalue weighted by atomic mass is 32.2. The molecule has 0 amide bonds. The van der Waals surface area contributed by atoms with Crippen LogP contribution < -0.4 is 0 Å². The lowest BCUT2D eigenvalue weighted by Crippen LogP contribution is -2.43. The van der Waals surface area contributed by atoms with Gasteiger partial charge >= 0.3 is 0 Å². The van der Waals surface area contributed by atoms with E-state index < -0.39 is 15.9 Å². The van der Waals surface area contributed by atoms with Gasteiger partial charge in [0.25, 0.3) is 0 Å². The fourth-order valence-corrected chi connectivity index (χ4v) is 3.63. The zero-order chi connectivity index (χ0) is 18.7. The Kier molecular flexibility index (Phi) is 5.80. The quantitative estimate of drug-likeness (QED) is 0.611. The van der Waals surface area contributed by atoms with Crippen LogP contribution in [0.15, 0.2) is 54.6 Å². The van der Waals surface area contributed by atoms with Crippen molar-refractivity contribution in [3.8, 4) is 0 Å². The maximum atomic E-state index is 10.2. The maximum Gasteiger partial charge on any atom is 0.180 e. The minimum Gasteiger partial charge on any atom is -0.748 e. The molecule has 4 nitrogen and oxygen atoms in total. The fraction of sp³-hybridized carbons (Fsp3) is 0.350. The molecular formula is C20H25NO3S. The van der Waals surface area contributed by atoms with Gasteiger partial charge in [0, 0.05) is 32.8 Å². The molecule has 0 N–H and O–H groups in total. The maximum absolute atomic E-state index is 10.2. The van der Waals surface area contributed by atoms with Gasteiger partial charge in [0.05, 0.1) is 15.9 Å². The molecule has 0 aliphatic carbocycles. The van der Waals surface area contributed by atoms with E-state index in [1.165, 1.54) is 16.8 Å². The van der Waals surface area contributed by atoms with Gasteiger partial charge in [-0.15, -0.1) is 0 Å². The second-order valence-corrected chi connectivity index (χ2v) is 8.38. The number of hydrogen-bond acceptors (Lipinski definition) is 3. The summed E-state index contributed by atoms with van der Waals surface area (Å²) in [6, 6.07) is 17.1. The van der Waals surface area contributed by atoms with Gasteiger partial charge in [-0.2, -0.15) is 0 Å². The predicted octanol–water partition coefficient (Wildman–Crippen LogP) is 3.20. The Morgan fingerprint density at radius 1 is 1.04 bits per heavy atom. The fourth-order valence-electron chi connectivity index (χ4n) is 3.03. The lowest BCUT2D eigenvalue weighted by molar-refractivity contribution is -0.576. The van der Waals surface area contributed by atoms with Crippen LogP contribution in [0.5, 0.6) is 0 Å². The zero-order valence-corrected chi connectivity index (χ0v) is 16.0. The Bertz CT molecular complexity index is 869. The largest absolute Gasteiger partial charge is 0.748 e. The molecule has 0 radical (unpaired) electrons. The Balaban J connectivity index is 0.000000186. The van der Waals surface area contributed by atoms with E-state index in [4.69, 9.17) is 0 Å². The van der Waals surface area contributed by atoms with Crippen LogP contribution in [0, 0.1) is 0 Å². The number of rotatable bonds is 2. The minimum atomic E-state index is -4.13. The van der Waals surface area contributed by atoms with E-state index in [0.29, 0.717) is 5.56 Å². The first-order valence-electron chi connectivity index (χ1n) is 8.23. The topological polar surface area (TPSA) is 60.2 Å². The third-order valence-corrected chi connectivity index (χ3v) is 5.31. The summed E-state index contributed by atoms with van der Waals surface area (Å²) in [5, 5.41) is 0. The first kappa shape index (κ1) is 19.3. The van der Waals surface area contributed by atoms with Crippen molar-refractivity contribution in [2.24, 2.45) is 0 Å². The molecule has 0 atom stereocenters. The van der Waals surface area contributed by atoms with E-state index >= 15 is 0 Å². The van der Waals surface area contributed by atoms with Crippen LogP contribution in [-0.4, -0.2) is 35.8 Å². The summed E-state index contributed by atoms with van der Waals surface area (Å²) in [7, 11) is -1.94. The lowest BCUT2D eigenvalue weighted by Gasteiger charge is -2.28. The van der Waals surface area contributed by atoms with Gasteiger partial charge in [0.15, 0.2) is 11.3 Å². The van der Waals surface area contributed by atoms with Crippen LogP contribution in [0.4, 0.5) is 0 Å². The molecule has 5 heteroatoms. The first-order chi connectivity index (χ1) is 11.6. The van der Waals surface area contributed by atoms with Crippen molar-refractivity contribution in [2.45, 2.75) is 38.5 Å². The molecule has 0 spiro atoms. The molecule has 0 fully saturated rings. The second kappa shape index (κ2) is 7.50. The first-order valence-corrected chi connectivity index (χ1v) is 9.81. The van der Waals surface area contributed by atoms with Crippen LogP contribution >= 0.6 is 0 Å². The van der Waals surface area contributed by atoms with Gasteiger partial charge in [-0.1, -0.05) is 48.5 Å². The van der Waals surface area contributed by atoms with Gasteiger partial charge in [-0.05, 0) is 17.2 Å². The molecular weight excluding hydrogens is 334 g/mol. The monoisotopic (exact) mass is 359 g/mol. The van der Waals surface area contributed by atoms with Crippen LogP contribution in [-0.2, 0) is 22.3 Å². The third kappa shape index (κ3) is 5.25. The molecule has 0 aromatic heterocycles. The molecule has 0 saturated heterocycles. The second-order valence-electron chi connectivity index (χ2n) is 6.98. The van der Waals surface area contributed by atoms with E-state index in [1.54, 1.807) is 30.3 Å². The Hall–Kier alpha value is -1.98. The Morgan fingerprint density at radius 3 is 2.20 bits per heavy atom. The Labute approximate surface area is 150 Å². The van der Waals surface area contributed by atoms with Crippen molar-refractivity contribution < 1.29 is 17.5 Å². The molecule has 25 heavy (non-hydrogen) atoms. The van der Waals surface area contributed by atoms with Gasteiger partial charge in [-0.3, -0.25) is 0 Å². The number of hydrogen-bond donors (Lipinski definition) is 0. The highest BCUT2D eigenvalue weighted by Crippen LogP contribution is 2.25. The van der Waals surface area contributed by atoms with Crippen molar-refractivity contribution in [3.05, 3.63) is 71.3 Å². The summed E-state index contributed by atoms with van der Waals surface area (Å²) in [5.74, 6) is -0.423. The SMILES string of the molecule is CC1=[N+](C)C(C)(C)Cc2ccccc21.O=S(=O)([O-])Cc1ccccc1. The van der Waals surface area contributed by atoms with Gasteiger partial charge in [0.1, 0.15) is 7.05 Å². The van der Waals surface area contributed by atoms with Crippen LogP contribution in [0.1, 0.15) is 37.5 Å². The number of likely N-dealkylation sites (N-methyl/N-ethyl adjacent to an activating group) is 1. The smallest absolute Gasteiger partial charge is 0.180 e. The van der Waals surface area contributed by atoms with E-state index in [0.717, 1.165) is 6.42 Å². The summed E-state index contributed by atoms with van der Waals surface area (Å²) in [6.07, 6.45) is 1.14. The third-order valence-electron chi connectivity index (χ3n) is 4.63. The molecule has 0 saturated carbocycles.